The fourth-order valence-corrected chi connectivity index (χ4v) is 4.81. The number of halogens is 3. The van der Waals surface area contributed by atoms with Gasteiger partial charge < -0.3 is 15.5 Å². The molecule has 0 aliphatic carbocycles. The Morgan fingerprint density at radius 1 is 0.900 bits per heavy atom. The second-order valence-corrected chi connectivity index (χ2v) is 9.51. The number of nitrogens with one attached hydrogen (secondary N) is 1. The molecule has 0 fully saturated rings. The summed E-state index contributed by atoms with van der Waals surface area (Å²) in [5.74, 6) is -1.96. The molecule has 0 unspecified atom stereocenters. The van der Waals surface area contributed by atoms with Crippen molar-refractivity contribution >= 4 is 34.5 Å². The number of fused-ring (bicyclic) bond motifs is 1. The summed E-state index contributed by atoms with van der Waals surface area (Å²) < 4.78 is 40.7. The number of para-hydroxylation sites is 1. The van der Waals surface area contributed by atoms with Gasteiger partial charge in [0.15, 0.2) is 0 Å². The van der Waals surface area contributed by atoms with Crippen LogP contribution in [0.25, 0.3) is 16.7 Å². The number of benzene rings is 4. The van der Waals surface area contributed by atoms with Gasteiger partial charge in [-0.15, -0.1) is 0 Å². The highest BCUT2D eigenvalue weighted by atomic mass is 19.4. The molecule has 9 heteroatoms. The van der Waals surface area contributed by atoms with E-state index in [0.29, 0.717) is 5.56 Å². The Labute approximate surface area is 227 Å². The van der Waals surface area contributed by atoms with Gasteiger partial charge in [0.2, 0.25) is 0 Å². The van der Waals surface area contributed by atoms with Crippen LogP contribution in [0.3, 0.4) is 0 Å². The van der Waals surface area contributed by atoms with E-state index in [4.69, 9.17) is 0 Å². The van der Waals surface area contributed by atoms with Crippen LogP contribution >= 0.6 is 0 Å². The van der Waals surface area contributed by atoms with Gasteiger partial charge in [-0.2, -0.15) is 13.2 Å². The molecule has 202 valence electrons. The monoisotopic (exact) mass is 544 g/mol. The van der Waals surface area contributed by atoms with Gasteiger partial charge in [0.25, 0.3) is 5.91 Å². The smallest absolute Gasteiger partial charge is 0.416 e. The van der Waals surface area contributed by atoms with Crippen LogP contribution in [-0.2, 0) is 11.0 Å². The number of carbonyl (C=O) groups is 2. The van der Waals surface area contributed by atoms with E-state index < -0.39 is 23.6 Å². The topological polar surface area (TPSA) is 89.9 Å². The summed E-state index contributed by atoms with van der Waals surface area (Å²) in [6.07, 6.45) is -3.33. The molecular weight excluding hydrogens is 521 g/mol. The molecule has 6 nitrogen and oxygen atoms in total. The van der Waals surface area contributed by atoms with Crippen molar-refractivity contribution in [1.29, 1.82) is 0 Å². The first-order valence-electron chi connectivity index (χ1n) is 12.2. The van der Waals surface area contributed by atoms with Gasteiger partial charge in [-0.05, 0) is 55.8 Å². The summed E-state index contributed by atoms with van der Waals surface area (Å²) in [6, 6.07) is 19.3. The van der Waals surface area contributed by atoms with Crippen LogP contribution in [0.1, 0.15) is 32.6 Å². The number of hydrogen-bond acceptors (Lipinski definition) is 4. The third-order valence-electron chi connectivity index (χ3n) is 6.58. The lowest BCUT2D eigenvalue weighted by Crippen LogP contribution is -2.21. The van der Waals surface area contributed by atoms with Crippen LogP contribution in [0, 0.1) is 13.8 Å². The zero-order chi connectivity index (χ0) is 28.8. The molecule has 3 N–H and O–H groups in total. The van der Waals surface area contributed by atoms with Crippen molar-refractivity contribution in [2.45, 2.75) is 20.0 Å². The Kier molecular flexibility index (Phi) is 6.59. The van der Waals surface area contributed by atoms with Gasteiger partial charge in [0.05, 0.1) is 33.8 Å². The lowest BCUT2D eigenvalue weighted by Gasteiger charge is -2.19. The summed E-state index contributed by atoms with van der Waals surface area (Å²) >= 11 is 0. The number of hydrogen-bond donors (Lipinski definition) is 3. The average molecular weight is 545 g/mol. The summed E-state index contributed by atoms with van der Waals surface area (Å²) in [5, 5.41) is 23.4. The minimum atomic E-state index is -4.66. The molecule has 4 aromatic carbocycles. The number of carboxylic acids is 1. The molecule has 0 radical (unpaired) electrons. The Bertz CT molecular complexity index is 1690. The molecule has 1 aliphatic heterocycles. The molecule has 0 bridgehead atoms. The van der Waals surface area contributed by atoms with Crippen LogP contribution in [0.4, 0.5) is 30.2 Å². The van der Waals surface area contributed by atoms with Crippen LogP contribution in [-0.4, -0.2) is 22.1 Å². The van der Waals surface area contributed by atoms with Gasteiger partial charge >= 0.3 is 12.1 Å². The third kappa shape index (κ3) is 4.89. The standard InChI is InChI=1S/C31H23F3N2O4/c1-17-11-18(2)13-20(12-17)23-7-4-8-26(28(23)37)35-16-25-24-10-9-21(31(32,33)34)15-27(24)36(29(25)38)22-6-3-5-19(14-22)30(39)40/h3-16,35,37H,1-2H3,(H,39,40)/b25-16-. The first-order chi connectivity index (χ1) is 18.9. The largest absolute Gasteiger partial charge is 0.505 e. The fourth-order valence-electron chi connectivity index (χ4n) is 4.81. The molecule has 0 spiro atoms. The van der Waals surface area contributed by atoms with E-state index in [9.17, 15) is 33.0 Å². The number of aromatic carboxylic acids is 1. The number of phenolic OH excluding ortho intramolecular Hbond substituents is 1. The predicted octanol–water partition coefficient (Wildman–Crippen LogP) is 7.52. The molecule has 1 amide bonds. The lowest BCUT2D eigenvalue weighted by molar-refractivity contribution is -0.137. The Morgan fingerprint density at radius 2 is 1.60 bits per heavy atom. The minimum absolute atomic E-state index is 0.0383. The summed E-state index contributed by atoms with van der Waals surface area (Å²) in [7, 11) is 0. The van der Waals surface area contributed by atoms with E-state index in [2.05, 4.69) is 5.32 Å². The maximum atomic E-state index is 13.6. The Balaban J connectivity index is 1.58. The molecule has 0 aromatic heterocycles. The molecule has 1 aliphatic rings. The third-order valence-corrected chi connectivity index (χ3v) is 6.58. The van der Waals surface area contributed by atoms with Gasteiger partial charge in [0.1, 0.15) is 5.75 Å². The number of carbonyl (C=O) groups excluding carboxylic acids is 1. The van der Waals surface area contributed by atoms with Crippen molar-refractivity contribution in [3.8, 4) is 16.9 Å². The molecular formula is C31H23F3N2O4. The predicted molar refractivity (Wildman–Crippen MR) is 147 cm³/mol. The molecule has 4 aromatic rings. The summed E-state index contributed by atoms with van der Waals surface area (Å²) in [6.45, 7) is 3.90. The number of aromatic hydroxyl groups is 1. The van der Waals surface area contributed by atoms with Crippen molar-refractivity contribution in [3.63, 3.8) is 0 Å². The fraction of sp³-hybridized carbons (Fsp3) is 0.0968. The average Bonchev–Trinajstić information content (AvgIpc) is 3.17. The van der Waals surface area contributed by atoms with E-state index in [0.717, 1.165) is 33.7 Å². The summed E-state index contributed by atoms with van der Waals surface area (Å²) in [5.41, 5.74) is 2.95. The molecule has 0 atom stereocenters. The normalized spacial score (nSPS) is 14.0. The Hall–Kier alpha value is -5.05. The SMILES string of the molecule is Cc1cc(C)cc(-c2cccc(N/C=C3\C(=O)N(c4cccc(C(=O)O)c4)c4cc(C(F)(F)F)ccc43)c2O)c1. The summed E-state index contributed by atoms with van der Waals surface area (Å²) in [4.78, 5) is 26.2. The van der Waals surface area contributed by atoms with Crippen LogP contribution in [0.15, 0.2) is 85.1 Å². The first kappa shape index (κ1) is 26.6. The van der Waals surface area contributed by atoms with Gasteiger partial charge in [-0.3, -0.25) is 9.69 Å². The number of phenols is 1. The van der Waals surface area contributed by atoms with Crippen molar-refractivity contribution in [2.75, 3.05) is 10.2 Å². The van der Waals surface area contributed by atoms with E-state index >= 15 is 0 Å². The van der Waals surface area contributed by atoms with Crippen molar-refractivity contribution in [1.82, 2.24) is 0 Å². The zero-order valence-corrected chi connectivity index (χ0v) is 21.4. The highest BCUT2D eigenvalue weighted by molar-refractivity contribution is 6.35. The highest BCUT2D eigenvalue weighted by Crippen LogP contribution is 2.45. The van der Waals surface area contributed by atoms with Crippen molar-refractivity contribution in [3.05, 3.63) is 113 Å². The number of amides is 1. The van der Waals surface area contributed by atoms with Crippen molar-refractivity contribution < 1.29 is 33.0 Å². The minimum Gasteiger partial charge on any atom is -0.505 e. The van der Waals surface area contributed by atoms with E-state index in [1.165, 1.54) is 36.5 Å². The number of nitrogens with zero attached hydrogens (tertiary/aromatic N) is 1. The number of alkyl halides is 3. The molecule has 1 heterocycles. The number of anilines is 3. The first-order valence-corrected chi connectivity index (χ1v) is 12.2. The quantitative estimate of drug-likeness (QED) is 0.179. The van der Waals surface area contributed by atoms with Gasteiger partial charge in [-0.1, -0.05) is 53.6 Å². The molecule has 0 saturated carbocycles. The molecule has 40 heavy (non-hydrogen) atoms. The maximum absolute atomic E-state index is 13.6. The second-order valence-electron chi connectivity index (χ2n) is 9.51. The Morgan fingerprint density at radius 3 is 2.27 bits per heavy atom. The highest BCUT2D eigenvalue weighted by Gasteiger charge is 2.38. The van der Waals surface area contributed by atoms with Crippen LogP contribution < -0.4 is 10.2 Å². The number of aryl methyl sites for hydroxylation is 2. The van der Waals surface area contributed by atoms with E-state index in [1.807, 2.05) is 32.0 Å². The van der Waals surface area contributed by atoms with Gasteiger partial charge in [0, 0.05) is 17.3 Å². The number of carboxylic acid groups (broad SMARTS) is 1. The van der Waals surface area contributed by atoms with Crippen molar-refractivity contribution in [2.24, 2.45) is 0 Å². The van der Waals surface area contributed by atoms with E-state index in [1.54, 1.807) is 18.2 Å². The number of rotatable bonds is 5. The maximum Gasteiger partial charge on any atom is 0.416 e. The van der Waals surface area contributed by atoms with Crippen LogP contribution in [0.5, 0.6) is 5.75 Å². The lowest BCUT2D eigenvalue weighted by atomic mass is 9.99. The van der Waals surface area contributed by atoms with Gasteiger partial charge in [-0.25, -0.2) is 4.79 Å². The second kappa shape index (κ2) is 9.92. The molecule has 5 rings (SSSR count). The van der Waals surface area contributed by atoms with E-state index in [-0.39, 0.29) is 39.5 Å². The molecule has 0 saturated heterocycles. The zero-order valence-electron chi connectivity index (χ0n) is 21.4. The van der Waals surface area contributed by atoms with Crippen LogP contribution in [0.2, 0.25) is 0 Å².